The maximum Gasteiger partial charge on any atom is 0.107 e. The number of nitrogens with one attached hydrogen (secondary N) is 2. The van der Waals surface area contributed by atoms with Crippen LogP contribution in [0.25, 0.3) is 21.8 Å². The van der Waals surface area contributed by atoms with Crippen LogP contribution in [0, 0.1) is 0 Å². The Balaban J connectivity index is 1.31. The number of rotatable bonds is 6. The van der Waals surface area contributed by atoms with Gasteiger partial charge in [-0.15, -0.1) is 0 Å². The highest BCUT2D eigenvalue weighted by molar-refractivity contribution is 5.85. The number of aryl methyl sites for hydroxylation is 1. The number of aromatic nitrogens is 2. The van der Waals surface area contributed by atoms with E-state index in [1.54, 1.807) is 0 Å². The van der Waals surface area contributed by atoms with Crippen molar-refractivity contribution in [2.45, 2.75) is 19.4 Å². The molecule has 1 heterocycles. The molecule has 0 radical (unpaired) electrons. The van der Waals surface area contributed by atoms with Crippen LogP contribution in [0.3, 0.4) is 0 Å². The standard InChI is InChI=1S/C21H21N3/c1-2-10-18-16(7-1)8-5-9-17(18)15-22-14-6-13-21-23-19-11-3-4-12-20(19)24-21/h1-5,7-12,22H,6,13-15H2,(H,23,24). The summed E-state index contributed by atoms with van der Waals surface area (Å²) >= 11 is 0. The zero-order valence-corrected chi connectivity index (χ0v) is 13.6. The largest absolute Gasteiger partial charge is 0.342 e. The topological polar surface area (TPSA) is 40.7 Å². The fraction of sp³-hybridized carbons (Fsp3) is 0.190. The molecule has 0 unspecified atom stereocenters. The summed E-state index contributed by atoms with van der Waals surface area (Å²) in [4.78, 5) is 8.02. The average molecular weight is 315 g/mol. The third kappa shape index (κ3) is 3.17. The molecule has 0 fully saturated rings. The maximum atomic E-state index is 4.63. The van der Waals surface area contributed by atoms with E-state index in [9.17, 15) is 0 Å². The third-order valence-electron chi connectivity index (χ3n) is 4.40. The van der Waals surface area contributed by atoms with Crippen LogP contribution < -0.4 is 5.32 Å². The van der Waals surface area contributed by atoms with E-state index in [0.717, 1.165) is 42.8 Å². The Morgan fingerprint density at radius 2 is 1.71 bits per heavy atom. The summed E-state index contributed by atoms with van der Waals surface area (Å²) in [5, 5.41) is 6.20. The van der Waals surface area contributed by atoms with Crippen molar-refractivity contribution in [1.82, 2.24) is 15.3 Å². The summed E-state index contributed by atoms with van der Waals surface area (Å²) in [6, 6.07) is 23.2. The molecule has 0 aliphatic carbocycles. The van der Waals surface area contributed by atoms with E-state index in [4.69, 9.17) is 0 Å². The smallest absolute Gasteiger partial charge is 0.107 e. The van der Waals surface area contributed by atoms with Gasteiger partial charge >= 0.3 is 0 Å². The predicted octanol–water partition coefficient (Wildman–Crippen LogP) is 4.44. The summed E-state index contributed by atoms with van der Waals surface area (Å²) in [6.07, 6.45) is 2.04. The summed E-state index contributed by atoms with van der Waals surface area (Å²) in [5.41, 5.74) is 3.53. The Bertz CT molecular complexity index is 917. The molecule has 3 heteroatoms. The minimum absolute atomic E-state index is 0.904. The minimum atomic E-state index is 0.904. The average Bonchev–Trinajstić information content (AvgIpc) is 3.04. The number of H-pyrrole nitrogens is 1. The van der Waals surface area contributed by atoms with Gasteiger partial charge in [-0.2, -0.15) is 0 Å². The molecule has 0 bridgehead atoms. The van der Waals surface area contributed by atoms with Crippen molar-refractivity contribution in [2.24, 2.45) is 0 Å². The molecule has 4 rings (SSSR count). The molecule has 1 aromatic heterocycles. The highest BCUT2D eigenvalue weighted by Crippen LogP contribution is 2.18. The fourth-order valence-electron chi connectivity index (χ4n) is 3.17. The van der Waals surface area contributed by atoms with Crippen LogP contribution in [0.1, 0.15) is 17.8 Å². The van der Waals surface area contributed by atoms with E-state index in [1.165, 1.54) is 16.3 Å². The normalized spacial score (nSPS) is 11.3. The lowest BCUT2D eigenvalue weighted by atomic mass is 10.0. The van der Waals surface area contributed by atoms with E-state index in [0.29, 0.717) is 0 Å². The van der Waals surface area contributed by atoms with Crippen molar-refractivity contribution in [3.63, 3.8) is 0 Å². The number of nitrogens with zero attached hydrogens (tertiary/aromatic N) is 1. The van der Waals surface area contributed by atoms with E-state index in [2.05, 4.69) is 63.8 Å². The monoisotopic (exact) mass is 315 g/mol. The SMILES string of the molecule is c1ccc2c(CNCCCc3nc4ccccc4[nH]3)cccc2c1. The van der Waals surface area contributed by atoms with Gasteiger partial charge in [0.2, 0.25) is 0 Å². The lowest BCUT2D eigenvalue weighted by Gasteiger charge is -2.08. The number of imidazole rings is 1. The predicted molar refractivity (Wildman–Crippen MR) is 100 cm³/mol. The van der Waals surface area contributed by atoms with Crippen LogP contribution in [-0.4, -0.2) is 16.5 Å². The van der Waals surface area contributed by atoms with E-state index >= 15 is 0 Å². The van der Waals surface area contributed by atoms with Crippen molar-refractivity contribution in [1.29, 1.82) is 0 Å². The van der Waals surface area contributed by atoms with Crippen LogP contribution in [0.5, 0.6) is 0 Å². The summed E-state index contributed by atoms with van der Waals surface area (Å²) in [7, 11) is 0. The van der Waals surface area contributed by atoms with Crippen LogP contribution in [0.15, 0.2) is 66.7 Å². The van der Waals surface area contributed by atoms with Gasteiger partial charge < -0.3 is 10.3 Å². The van der Waals surface area contributed by atoms with Gasteiger partial charge in [0.15, 0.2) is 0 Å². The zero-order valence-electron chi connectivity index (χ0n) is 13.6. The first-order chi connectivity index (χ1) is 11.9. The van der Waals surface area contributed by atoms with Gasteiger partial charge in [0, 0.05) is 13.0 Å². The summed E-state index contributed by atoms with van der Waals surface area (Å²) < 4.78 is 0. The van der Waals surface area contributed by atoms with Crippen molar-refractivity contribution >= 4 is 21.8 Å². The molecule has 0 amide bonds. The molecule has 4 aromatic rings. The van der Waals surface area contributed by atoms with Crippen molar-refractivity contribution in [2.75, 3.05) is 6.54 Å². The van der Waals surface area contributed by atoms with Crippen LogP contribution in [0.2, 0.25) is 0 Å². The van der Waals surface area contributed by atoms with Crippen LogP contribution >= 0.6 is 0 Å². The van der Waals surface area contributed by atoms with Crippen LogP contribution in [-0.2, 0) is 13.0 Å². The molecule has 120 valence electrons. The molecular weight excluding hydrogens is 294 g/mol. The molecule has 3 nitrogen and oxygen atoms in total. The summed E-state index contributed by atoms with van der Waals surface area (Å²) in [6.45, 7) is 1.89. The quantitative estimate of drug-likeness (QED) is 0.516. The molecule has 24 heavy (non-hydrogen) atoms. The van der Waals surface area contributed by atoms with Crippen LogP contribution in [0.4, 0.5) is 0 Å². The molecule has 0 atom stereocenters. The van der Waals surface area contributed by atoms with Crippen molar-refractivity contribution < 1.29 is 0 Å². The summed E-state index contributed by atoms with van der Waals surface area (Å²) in [5.74, 6) is 1.07. The number of benzene rings is 3. The Morgan fingerprint density at radius 1 is 0.875 bits per heavy atom. The zero-order chi connectivity index (χ0) is 16.2. The first-order valence-electron chi connectivity index (χ1n) is 8.51. The second-order valence-corrected chi connectivity index (χ2v) is 6.12. The Labute approximate surface area is 141 Å². The van der Waals surface area contributed by atoms with E-state index in [1.807, 2.05) is 18.2 Å². The van der Waals surface area contributed by atoms with Gasteiger partial charge in [-0.25, -0.2) is 4.98 Å². The Morgan fingerprint density at radius 3 is 2.67 bits per heavy atom. The fourth-order valence-corrected chi connectivity index (χ4v) is 3.17. The van der Waals surface area contributed by atoms with E-state index in [-0.39, 0.29) is 0 Å². The number of hydrogen-bond acceptors (Lipinski definition) is 2. The van der Waals surface area contributed by atoms with Gasteiger partial charge in [-0.3, -0.25) is 0 Å². The number of para-hydroxylation sites is 2. The Kier molecular flexibility index (Phi) is 4.26. The first-order valence-corrected chi connectivity index (χ1v) is 8.51. The molecule has 0 aliphatic heterocycles. The number of aromatic amines is 1. The highest BCUT2D eigenvalue weighted by Gasteiger charge is 2.02. The highest BCUT2D eigenvalue weighted by atomic mass is 14.9. The van der Waals surface area contributed by atoms with Gasteiger partial charge in [0.05, 0.1) is 11.0 Å². The molecule has 0 spiro atoms. The molecular formula is C21H21N3. The maximum absolute atomic E-state index is 4.63. The molecule has 2 N–H and O–H groups in total. The minimum Gasteiger partial charge on any atom is -0.342 e. The van der Waals surface area contributed by atoms with Gasteiger partial charge in [-0.1, -0.05) is 54.6 Å². The van der Waals surface area contributed by atoms with E-state index < -0.39 is 0 Å². The number of fused-ring (bicyclic) bond motifs is 2. The van der Waals surface area contributed by atoms with Crippen molar-refractivity contribution in [3.8, 4) is 0 Å². The third-order valence-corrected chi connectivity index (χ3v) is 4.40. The molecule has 0 saturated carbocycles. The van der Waals surface area contributed by atoms with Gasteiger partial charge in [0.1, 0.15) is 5.82 Å². The van der Waals surface area contributed by atoms with Crippen molar-refractivity contribution in [3.05, 3.63) is 78.1 Å². The first kappa shape index (κ1) is 14.9. The Hall–Kier alpha value is -2.65. The number of hydrogen-bond donors (Lipinski definition) is 2. The lowest BCUT2D eigenvalue weighted by Crippen LogP contribution is -2.15. The van der Waals surface area contributed by atoms with Gasteiger partial charge in [-0.05, 0) is 41.4 Å². The molecule has 0 saturated heterocycles. The molecule has 3 aromatic carbocycles. The lowest BCUT2D eigenvalue weighted by molar-refractivity contribution is 0.643. The second-order valence-electron chi connectivity index (χ2n) is 6.12. The van der Waals surface area contributed by atoms with Gasteiger partial charge in [0.25, 0.3) is 0 Å². The molecule has 0 aliphatic rings. The second kappa shape index (κ2) is 6.85.